The second-order valence-corrected chi connectivity index (χ2v) is 6.69. The number of carbonyl (C=O) groups excluding carboxylic acids is 2. The first-order chi connectivity index (χ1) is 13.2. The van der Waals surface area contributed by atoms with Crippen LogP contribution >= 0.6 is 0 Å². The predicted octanol–water partition coefficient (Wildman–Crippen LogP) is 2.93. The van der Waals surface area contributed by atoms with E-state index < -0.39 is 0 Å². The van der Waals surface area contributed by atoms with Gasteiger partial charge in [0.1, 0.15) is 12.3 Å². The number of rotatable bonds is 9. The third-order valence-corrected chi connectivity index (χ3v) is 4.57. The zero-order valence-corrected chi connectivity index (χ0v) is 15.6. The van der Waals surface area contributed by atoms with Crippen LogP contribution in [0, 0.1) is 0 Å². The molecule has 0 aromatic carbocycles. The Morgan fingerprint density at radius 3 is 2.59 bits per heavy atom. The quantitative estimate of drug-likeness (QED) is 0.674. The zero-order chi connectivity index (χ0) is 19.1. The van der Waals surface area contributed by atoms with Gasteiger partial charge in [0, 0.05) is 19.7 Å². The molecule has 1 aliphatic rings. The highest BCUT2D eigenvalue weighted by Gasteiger charge is 2.27. The Labute approximate surface area is 158 Å². The second-order valence-electron chi connectivity index (χ2n) is 6.69. The van der Waals surface area contributed by atoms with E-state index in [4.69, 9.17) is 13.6 Å². The molecule has 0 saturated carbocycles. The van der Waals surface area contributed by atoms with Gasteiger partial charge in [-0.1, -0.05) is 6.92 Å². The number of hydrogen-bond donors (Lipinski definition) is 0. The van der Waals surface area contributed by atoms with E-state index in [-0.39, 0.29) is 30.2 Å². The van der Waals surface area contributed by atoms with Crippen molar-refractivity contribution in [3.05, 3.63) is 48.3 Å². The number of carbonyl (C=O) groups is 2. The minimum absolute atomic E-state index is 0.000796. The van der Waals surface area contributed by atoms with E-state index in [1.807, 2.05) is 13.0 Å². The molecular formula is C20H26N2O5. The molecule has 0 N–H and O–H groups in total. The first-order valence-corrected chi connectivity index (χ1v) is 9.42. The molecule has 1 atom stereocenters. The lowest BCUT2D eigenvalue weighted by Gasteiger charge is -2.28. The third-order valence-electron chi connectivity index (χ3n) is 4.57. The minimum atomic E-state index is -0.273. The van der Waals surface area contributed by atoms with Crippen molar-refractivity contribution in [1.82, 2.24) is 9.80 Å². The Morgan fingerprint density at radius 2 is 1.96 bits per heavy atom. The van der Waals surface area contributed by atoms with Gasteiger partial charge in [0.05, 0.1) is 25.2 Å². The summed E-state index contributed by atoms with van der Waals surface area (Å²) >= 11 is 0. The Balaban J connectivity index is 1.69. The van der Waals surface area contributed by atoms with E-state index >= 15 is 0 Å². The van der Waals surface area contributed by atoms with Crippen molar-refractivity contribution < 1.29 is 23.2 Å². The molecule has 1 aliphatic heterocycles. The Kier molecular flexibility index (Phi) is 6.70. The number of nitrogens with zero attached hydrogens (tertiary/aromatic N) is 2. The first-order valence-electron chi connectivity index (χ1n) is 9.42. The van der Waals surface area contributed by atoms with E-state index in [1.165, 1.54) is 11.2 Å². The van der Waals surface area contributed by atoms with Gasteiger partial charge >= 0.3 is 0 Å². The van der Waals surface area contributed by atoms with E-state index in [0.717, 1.165) is 25.9 Å². The Bertz CT molecular complexity index is 705. The number of ether oxygens (including phenoxy) is 1. The van der Waals surface area contributed by atoms with Gasteiger partial charge in [0.15, 0.2) is 5.76 Å². The van der Waals surface area contributed by atoms with Crippen LogP contribution in [-0.4, -0.2) is 54.0 Å². The molecule has 7 nitrogen and oxygen atoms in total. The van der Waals surface area contributed by atoms with Gasteiger partial charge in [-0.25, -0.2) is 0 Å². The maximum absolute atomic E-state index is 13.0. The molecule has 0 radical (unpaired) electrons. The lowest BCUT2D eigenvalue weighted by molar-refractivity contribution is -0.134. The van der Waals surface area contributed by atoms with Crippen LogP contribution in [0.2, 0.25) is 0 Å². The SMILES string of the molecule is CCCN(CC(=O)N(Cc1ccco1)C[C@@H]1CCCO1)C(=O)c1ccco1. The molecule has 1 fully saturated rings. The maximum Gasteiger partial charge on any atom is 0.290 e. The Hall–Kier alpha value is -2.54. The van der Waals surface area contributed by atoms with Gasteiger partial charge in [-0.2, -0.15) is 0 Å². The summed E-state index contributed by atoms with van der Waals surface area (Å²) in [6, 6.07) is 6.92. The van der Waals surface area contributed by atoms with E-state index in [9.17, 15) is 9.59 Å². The average molecular weight is 374 g/mol. The lowest BCUT2D eigenvalue weighted by atomic mass is 10.2. The van der Waals surface area contributed by atoms with Crippen molar-refractivity contribution >= 4 is 11.8 Å². The van der Waals surface area contributed by atoms with Crippen molar-refractivity contribution in [1.29, 1.82) is 0 Å². The molecule has 2 aromatic heterocycles. The summed E-state index contributed by atoms with van der Waals surface area (Å²) in [4.78, 5) is 28.9. The summed E-state index contributed by atoms with van der Waals surface area (Å²) in [5, 5.41) is 0. The van der Waals surface area contributed by atoms with Crippen molar-refractivity contribution in [2.45, 2.75) is 38.8 Å². The molecule has 0 bridgehead atoms. The fourth-order valence-electron chi connectivity index (χ4n) is 3.22. The highest BCUT2D eigenvalue weighted by Crippen LogP contribution is 2.16. The topological polar surface area (TPSA) is 76.1 Å². The van der Waals surface area contributed by atoms with Crippen LogP contribution in [0.15, 0.2) is 45.6 Å². The molecule has 7 heteroatoms. The standard InChI is InChI=1S/C20H26N2O5/c1-2-9-21(20(24)18-8-5-12-27-18)15-19(23)22(13-16-6-3-10-25-16)14-17-7-4-11-26-17/h3,5-6,8,10,12,17H,2,4,7,9,11,13-15H2,1H3/t17-/m0/s1. The lowest BCUT2D eigenvalue weighted by Crippen LogP contribution is -2.45. The molecule has 0 unspecified atom stereocenters. The van der Waals surface area contributed by atoms with Crippen molar-refractivity contribution in [3.8, 4) is 0 Å². The van der Waals surface area contributed by atoms with E-state index in [0.29, 0.717) is 25.4 Å². The molecule has 146 valence electrons. The normalized spacial score (nSPS) is 16.4. The van der Waals surface area contributed by atoms with Gasteiger partial charge in [0.25, 0.3) is 5.91 Å². The molecular weight excluding hydrogens is 348 g/mol. The summed E-state index contributed by atoms with van der Waals surface area (Å²) in [6.45, 7) is 4.04. The van der Waals surface area contributed by atoms with Crippen LogP contribution in [0.3, 0.4) is 0 Å². The zero-order valence-electron chi connectivity index (χ0n) is 15.6. The fourth-order valence-corrected chi connectivity index (χ4v) is 3.22. The van der Waals surface area contributed by atoms with Crippen LogP contribution in [0.25, 0.3) is 0 Å². The van der Waals surface area contributed by atoms with Crippen LogP contribution in [0.5, 0.6) is 0 Å². The molecule has 2 amide bonds. The molecule has 27 heavy (non-hydrogen) atoms. The second kappa shape index (κ2) is 9.41. The molecule has 3 rings (SSSR count). The minimum Gasteiger partial charge on any atom is -0.467 e. The molecule has 0 aliphatic carbocycles. The maximum atomic E-state index is 13.0. The van der Waals surface area contributed by atoms with Crippen LogP contribution < -0.4 is 0 Å². The first kappa shape index (κ1) is 19.2. The summed E-state index contributed by atoms with van der Waals surface area (Å²) in [5.74, 6) is 0.550. The highest BCUT2D eigenvalue weighted by molar-refractivity contribution is 5.94. The van der Waals surface area contributed by atoms with E-state index in [1.54, 1.807) is 29.4 Å². The van der Waals surface area contributed by atoms with Crippen LogP contribution in [0.4, 0.5) is 0 Å². The van der Waals surface area contributed by atoms with Crippen molar-refractivity contribution in [3.63, 3.8) is 0 Å². The van der Waals surface area contributed by atoms with Crippen molar-refractivity contribution in [2.75, 3.05) is 26.2 Å². The number of hydrogen-bond acceptors (Lipinski definition) is 5. The van der Waals surface area contributed by atoms with Gasteiger partial charge < -0.3 is 23.4 Å². The fraction of sp³-hybridized carbons (Fsp3) is 0.500. The third kappa shape index (κ3) is 5.23. The molecule has 3 heterocycles. The van der Waals surface area contributed by atoms with Gasteiger partial charge in [-0.15, -0.1) is 0 Å². The largest absolute Gasteiger partial charge is 0.467 e. The predicted molar refractivity (Wildman–Crippen MR) is 98.0 cm³/mol. The smallest absolute Gasteiger partial charge is 0.290 e. The summed E-state index contributed by atoms with van der Waals surface area (Å²) in [5.41, 5.74) is 0. The van der Waals surface area contributed by atoms with Gasteiger partial charge in [0.2, 0.25) is 5.91 Å². The number of amides is 2. The van der Waals surface area contributed by atoms with Gasteiger partial charge in [-0.3, -0.25) is 9.59 Å². The van der Waals surface area contributed by atoms with Crippen LogP contribution in [0.1, 0.15) is 42.5 Å². The average Bonchev–Trinajstić information content (AvgIpc) is 3.42. The van der Waals surface area contributed by atoms with Crippen molar-refractivity contribution in [2.24, 2.45) is 0 Å². The molecule has 1 saturated heterocycles. The summed E-state index contributed by atoms with van der Waals surface area (Å²) in [7, 11) is 0. The molecule has 0 spiro atoms. The Morgan fingerprint density at radius 1 is 1.15 bits per heavy atom. The highest BCUT2D eigenvalue weighted by atomic mass is 16.5. The monoisotopic (exact) mass is 374 g/mol. The molecule has 2 aromatic rings. The van der Waals surface area contributed by atoms with Gasteiger partial charge in [-0.05, 0) is 43.5 Å². The number of furan rings is 2. The summed E-state index contributed by atoms with van der Waals surface area (Å²) in [6.07, 6.45) is 5.78. The van der Waals surface area contributed by atoms with E-state index in [2.05, 4.69) is 0 Å². The van der Waals surface area contributed by atoms with Crippen LogP contribution in [-0.2, 0) is 16.1 Å². The summed E-state index contributed by atoms with van der Waals surface area (Å²) < 4.78 is 16.3.